The summed E-state index contributed by atoms with van der Waals surface area (Å²) in [5.41, 5.74) is -1.10. The molecule has 1 aromatic carbocycles. The number of hydrogen-bond donors (Lipinski definition) is 1. The van der Waals surface area contributed by atoms with E-state index in [1.54, 1.807) is 0 Å². The molecule has 0 atom stereocenters. The van der Waals surface area contributed by atoms with E-state index in [2.05, 4.69) is 0 Å². The average molecular weight is 301 g/mol. The lowest BCUT2D eigenvalue weighted by Gasteiger charge is -2.28. The molecule has 3 rings (SSSR count). The summed E-state index contributed by atoms with van der Waals surface area (Å²) >= 11 is 5.99. The number of rotatable bonds is 2. The van der Waals surface area contributed by atoms with Crippen LogP contribution in [0.3, 0.4) is 0 Å². The van der Waals surface area contributed by atoms with Crippen LogP contribution in [0.25, 0.3) is 0 Å². The van der Waals surface area contributed by atoms with E-state index >= 15 is 0 Å². The fourth-order valence-electron chi connectivity index (χ4n) is 3.05. The molecule has 0 saturated heterocycles. The Balaban J connectivity index is 2.18. The maximum Gasteiger partial charge on any atom is 0.314 e. The molecule has 0 radical (unpaired) electrons. The van der Waals surface area contributed by atoms with E-state index < -0.39 is 17.2 Å². The predicted octanol–water partition coefficient (Wildman–Crippen LogP) is 3.15. The minimum absolute atomic E-state index is 0.108. The second-order valence-corrected chi connectivity index (χ2v) is 5.55. The van der Waals surface area contributed by atoms with Gasteiger partial charge in [0.05, 0.1) is 5.41 Å². The van der Waals surface area contributed by atoms with Crippen molar-refractivity contribution in [3.63, 3.8) is 0 Å². The summed E-state index contributed by atoms with van der Waals surface area (Å²) < 4.78 is 25.2. The van der Waals surface area contributed by atoms with Gasteiger partial charge in [0.2, 0.25) is 0 Å². The Morgan fingerprint density at radius 2 is 1.95 bits per heavy atom. The van der Waals surface area contributed by atoms with Crippen LogP contribution in [0.1, 0.15) is 31.2 Å². The number of benzene rings is 1. The third kappa shape index (κ3) is 1.84. The molecule has 6 heteroatoms. The van der Waals surface area contributed by atoms with Crippen molar-refractivity contribution in [1.29, 1.82) is 0 Å². The minimum Gasteiger partial charge on any atom is -0.486 e. The lowest BCUT2D eigenvalue weighted by Crippen LogP contribution is -2.34. The van der Waals surface area contributed by atoms with Crippen molar-refractivity contribution in [1.82, 2.24) is 0 Å². The summed E-state index contributed by atoms with van der Waals surface area (Å²) in [5, 5.41) is 9.36. The van der Waals surface area contributed by atoms with Gasteiger partial charge in [0.15, 0.2) is 11.5 Å². The SMILES string of the molecule is O=C(O)C1(c2cc3c(c(Cl)c2F)OCCO3)CCCC1. The first-order chi connectivity index (χ1) is 9.56. The van der Waals surface area contributed by atoms with Gasteiger partial charge in [0.25, 0.3) is 0 Å². The summed E-state index contributed by atoms with van der Waals surface area (Å²) in [4.78, 5) is 11.7. The largest absolute Gasteiger partial charge is 0.486 e. The van der Waals surface area contributed by atoms with Gasteiger partial charge in [-0.2, -0.15) is 0 Å². The van der Waals surface area contributed by atoms with Crippen LogP contribution in [0, 0.1) is 5.82 Å². The highest BCUT2D eigenvalue weighted by Crippen LogP contribution is 2.48. The fourth-order valence-corrected chi connectivity index (χ4v) is 3.30. The summed E-state index contributed by atoms with van der Waals surface area (Å²) in [5.74, 6) is -1.23. The summed E-state index contributed by atoms with van der Waals surface area (Å²) in [6.45, 7) is 0.643. The van der Waals surface area contributed by atoms with Crippen LogP contribution in [-0.2, 0) is 10.2 Å². The molecule has 1 aromatic rings. The molecule has 108 valence electrons. The Morgan fingerprint density at radius 1 is 1.30 bits per heavy atom. The van der Waals surface area contributed by atoms with Gasteiger partial charge in [-0.05, 0) is 18.9 Å². The number of halogens is 2. The van der Waals surface area contributed by atoms with Gasteiger partial charge < -0.3 is 14.6 Å². The molecule has 0 aromatic heterocycles. The highest BCUT2D eigenvalue weighted by molar-refractivity contribution is 6.32. The van der Waals surface area contributed by atoms with Gasteiger partial charge in [-0.25, -0.2) is 4.39 Å². The maximum absolute atomic E-state index is 14.5. The minimum atomic E-state index is -1.20. The molecular formula is C14H14ClFO4. The second-order valence-electron chi connectivity index (χ2n) is 5.17. The number of carboxylic acid groups (broad SMARTS) is 1. The van der Waals surface area contributed by atoms with Gasteiger partial charge >= 0.3 is 5.97 Å². The highest BCUT2D eigenvalue weighted by Gasteiger charge is 2.46. The normalized spacial score (nSPS) is 19.9. The third-order valence-corrected chi connectivity index (χ3v) is 4.43. The molecule has 0 unspecified atom stereocenters. The van der Waals surface area contributed by atoms with Crippen LogP contribution in [0.5, 0.6) is 11.5 Å². The Kier molecular flexibility index (Phi) is 3.24. The van der Waals surface area contributed by atoms with Gasteiger partial charge in [-0.3, -0.25) is 4.79 Å². The van der Waals surface area contributed by atoms with E-state index in [1.165, 1.54) is 6.07 Å². The Labute approximate surface area is 120 Å². The quantitative estimate of drug-likeness (QED) is 0.911. The summed E-state index contributed by atoms with van der Waals surface area (Å²) in [7, 11) is 0. The number of hydrogen-bond acceptors (Lipinski definition) is 3. The lowest BCUT2D eigenvalue weighted by atomic mass is 9.78. The first-order valence-electron chi connectivity index (χ1n) is 6.58. The molecule has 1 fully saturated rings. The van der Waals surface area contributed by atoms with Crippen molar-refractivity contribution in [2.75, 3.05) is 13.2 Å². The van der Waals surface area contributed by atoms with Crippen molar-refractivity contribution in [2.45, 2.75) is 31.1 Å². The molecule has 1 aliphatic heterocycles. The Bertz CT molecular complexity index is 567. The summed E-state index contributed by atoms with van der Waals surface area (Å²) in [6, 6.07) is 1.44. The van der Waals surface area contributed by atoms with E-state index in [-0.39, 0.29) is 16.3 Å². The zero-order valence-corrected chi connectivity index (χ0v) is 11.5. The highest BCUT2D eigenvalue weighted by atomic mass is 35.5. The number of aliphatic carboxylic acids is 1. The standard InChI is InChI=1S/C14H14ClFO4/c15-10-11(16)8(7-9-12(10)20-6-5-19-9)14(13(17)18)3-1-2-4-14/h7H,1-6H2,(H,17,18). The zero-order chi connectivity index (χ0) is 14.3. The monoisotopic (exact) mass is 300 g/mol. The van der Waals surface area contributed by atoms with E-state index in [1.807, 2.05) is 0 Å². The Morgan fingerprint density at radius 3 is 2.60 bits per heavy atom. The average Bonchev–Trinajstić information content (AvgIpc) is 2.93. The van der Waals surface area contributed by atoms with Crippen molar-refractivity contribution in [2.24, 2.45) is 0 Å². The maximum atomic E-state index is 14.5. The molecule has 0 amide bonds. The lowest BCUT2D eigenvalue weighted by molar-refractivity contribution is -0.143. The molecule has 0 spiro atoms. The van der Waals surface area contributed by atoms with Crippen LogP contribution in [-0.4, -0.2) is 24.3 Å². The van der Waals surface area contributed by atoms with Crippen LogP contribution < -0.4 is 9.47 Å². The van der Waals surface area contributed by atoms with E-state index in [0.29, 0.717) is 31.8 Å². The first kappa shape index (κ1) is 13.5. The fraction of sp³-hybridized carbons (Fsp3) is 0.500. The summed E-state index contributed by atoms with van der Waals surface area (Å²) in [6.07, 6.45) is 2.35. The number of carbonyl (C=O) groups is 1. The topological polar surface area (TPSA) is 55.8 Å². The number of fused-ring (bicyclic) bond motifs is 1. The molecule has 1 heterocycles. The Hall–Kier alpha value is -1.49. The molecule has 1 N–H and O–H groups in total. The van der Waals surface area contributed by atoms with Crippen LogP contribution >= 0.6 is 11.6 Å². The van der Waals surface area contributed by atoms with Crippen molar-refractivity contribution >= 4 is 17.6 Å². The zero-order valence-electron chi connectivity index (χ0n) is 10.7. The molecule has 0 bridgehead atoms. The van der Waals surface area contributed by atoms with Crippen molar-refractivity contribution in [3.8, 4) is 11.5 Å². The number of ether oxygens (including phenoxy) is 2. The van der Waals surface area contributed by atoms with Crippen LogP contribution in [0.2, 0.25) is 5.02 Å². The van der Waals surface area contributed by atoms with Gasteiger partial charge in [-0.1, -0.05) is 24.4 Å². The predicted molar refractivity (Wildman–Crippen MR) is 70.2 cm³/mol. The van der Waals surface area contributed by atoms with Crippen molar-refractivity contribution in [3.05, 3.63) is 22.5 Å². The molecule has 2 aliphatic rings. The van der Waals surface area contributed by atoms with E-state index in [9.17, 15) is 14.3 Å². The van der Waals surface area contributed by atoms with Gasteiger partial charge in [0.1, 0.15) is 24.1 Å². The van der Waals surface area contributed by atoms with Crippen LogP contribution in [0.15, 0.2) is 6.07 Å². The molecule has 1 aliphatic carbocycles. The smallest absolute Gasteiger partial charge is 0.314 e. The van der Waals surface area contributed by atoms with Gasteiger partial charge in [0, 0.05) is 5.56 Å². The third-order valence-electron chi connectivity index (χ3n) is 4.10. The van der Waals surface area contributed by atoms with Gasteiger partial charge in [-0.15, -0.1) is 0 Å². The molecule has 4 nitrogen and oxygen atoms in total. The second kappa shape index (κ2) is 4.81. The number of carboxylic acids is 1. The molecular weight excluding hydrogens is 287 g/mol. The first-order valence-corrected chi connectivity index (χ1v) is 6.95. The van der Waals surface area contributed by atoms with E-state index in [0.717, 1.165) is 12.8 Å². The molecule has 20 heavy (non-hydrogen) atoms. The van der Waals surface area contributed by atoms with E-state index in [4.69, 9.17) is 21.1 Å². The molecule has 1 saturated carbocycles. The van der Waals surface area contributed by atoms with Crippen LogP contribution in [0.4, 0.5) is 4.39 Å². The van der Waals surface area contributed by atoms with Crippen molar-refractivity contribution < 1.29 is 23.8 Å².